The van der Waals surface area contributed by atoms with Crippen LogP contribution in [0, 0.1) is 0 Å². The molecule has 0 radical (unpaired) electrons. The topological polar surface area (TPSA) is 70.7 Å². The third-order valence-electron chi connectivity index (χ3n) is 1.84. The van der Waals surface area contributed by atoms with Crippen LogP contribution in [0.3, 0.4) is 0 Å². The molecule has 0 aliphatic rings. The Morgan fingerprint density at radius 1 is 1.00 bits per heavy atom. The van der Waals surface area contributed by atoms with Crippen molar-refractivity contribution < 1.29 is 0 Å². The Labute approximate surface area is 93.2 Å². The van der Waals surface area contributed by atoms with Gasteiger partial charge in [-0.25, -0.2) is 24.4 Å². The molecule has 0 saturated carbocycles. The second kappa shape index (κ2) is 3.60. The maximum Gasteiger partial charge on any atom is 0.348 e. The maximum absolute atomic E-state index is 11.2. The van der Waals surface area contributed by atoms with Crippen molar-refractivity contribution in [2.45, 2.75) is 0 Å². The van der Waals surface area contributed by atoms with Gasteiger partial charge < -0.3 is 0 Å². The number of nitrogens with one attached hydrogen (secondary N) is 2. The summed E-state index contributed by atoms with van der Waals surface area (Å²) in [5.41, 5.74) is -0.756. The molecule has 78 valence electrons. The molecule has 0 saturated heterocycles. The monoisotopic (exact) mass is 245 g/mol. The summed E-state index contributed by atoms with van der Waals surface area (Å²) >= 11 is 11.5. The van der Waals surface area contributed by atoms with Crippen LogP contribution in [0.2, 0.25) is 10.0 Å². The lowest BCUT2D eigenvalue weighted by Gasteiger charge is -2.00. The van der Waals surface area contributed by atoms with Crippen LogP contribution in [0.1, 0.15) is 0 Å². The molecule has 0 bridgehead atoms. The zero-order valence-electron chi connectivity index (χ0n) is 7.25. The zero-order chi connectivity index (χ0) is 11.0. The average Bonchev–Trinajstić information content (AvgIpc) is 2.52. The summed E-state index contributed by atoms with van der Waals surface area (Å²) in [6.07, 6.45) is 0. The van der Waals surface area contributed by atoms with Gasteiger partial charge in [0.2, 0.25) is 0 Å². The summed E-state index contributed by atoms with van der Waals surface area (Å²) in [5.74, 6) is 0. The van der Waals surface area contributed by atoms with E-state index in [-0.39, 0.29) is 5.02 Å². The van der Waals surface area contributed by atoms with E-state index in [1.807, 2.05) is 0 Å². The predicted molar refractivity (Wildman–Crippen MR) is 57.0 cm³/mol. The van der Waals surface area contributed by atoms with Crippen LogP contribution in [0.5, 0.6) is 0 Å². The van der Waals surface area contributed by atoms with E-state index < -0.39 is 11.4 Å². The SMILES string of the molecule is O=c1[nH][nH]c(=O)n1-c1ccc(Cl)c(Cl)c1. The highest BCUT2D eigenvalue weighted by Crippen LogP contribution is 2.23. The van der Waals surface area contributed by atoms with Crippen molar-refractivity contribution in [2.24, 2.45) is 0 Å². The van der Waals surface area contributed by atoms with Crippen molar-refractivity contribution in [1.29, 1.82) is 0 Å². The smallest absolute Gasteiger partial charge is 0.247 e. The Hall–Kier alpha value is -1.46. The van der Waals surface area contributed by atoms with Crippen molar-refractivity contribution in [3.05, 3.63) is 49.2 Å². The number of aromatic amines is 2. The number of hydrogen-bond donors (Lipinski definition) is 2. The van der Waals surface area contributed by atoms with Crippen LogP contribution < -0.4 is 11.4 Å². The fourth-order valence-electron chi connectivity index (χ4n) is 1.17. The van der Waals surface area contributed by atoms with Gasteiger partial charge in [0.15, 0.2) is 0 Å². The van der Waals surface area contributed by atoms with Crippen LogP contribution in [-0.4, -0.2) is 14.8 Å². The van der Waals surface area contributed by atoms with Crippen molar-refractivity contribution in [3.8, 4) is 5.69 Å². The van der Waals surface area contributed by atoms with Crippen LogP contribution in [0.15, 0.2) is 27.8 Å². The summed E-state index contributed by atoms with van der Waals surface area (Å²) in [4.78, 5) is 22.5. The van der Waals surface area contributed by atoms with E-state index in [1.54, 1.807) is 0 Å². The minimum absolute atomic E-state index is 0.279. The third-order valence-corrected chi connectivity index (χ3v) is 2.58. The summed E-state index contributed by atoms with van der Waals surface area (Å²) < 4.78 is 0.919. The molecule has 0 atom stereocenters. The molecule has 1 aromatic heterocycles. The van der Waals surface area contributed by atoms with Crippen molar-refractivity contribution in [2.75, 3.05) is 0 Å². The molecule has 1 heterocycles. The number of aromatic nitrogens is 3. The van der Waals surface area contributed by atoms with Crippen LogP contribution in [-0.2, 0) is 0 Å². The molecule has 2 N–H and O–H groups in total. The van der Waals surface area contributed by atoms with E-state index in [2.05, 4.69) is 10.2 Å². The number of hydrogen-bond acceptors (Lipinski definition) is 2. The number of halogens is 2. The van der Waals surface area contributed by atoms with Crippen LogP contribution in [0.25, 0.3) is 5.69 Å². The van der Waals surface area contributed by atoms with E-state index >= 15 is 0 Å². The van der Waals surface area contributed by atoms with E-state index in [0.717, 1.165) is 4.57 Å². The summed E-state index contributed by atoms with van der Waals surface area (Å²) in [7, 11) is 0. The number of nitrogens with zero attached hydrogens (tertiary/aromatic N) is 1. The van der Waals surface area contributed by atoms with Gasteiger partial charge >= 0.3 is 11.4 Å². The average molecular weight is 246 g/mol. The van der Waals surface area contributed by atoms with Gasteiger partial charge in [0.25, 0.3) is 0 Å². The number of H-pyrrole nitrogens is 2. The predicted octanol–water partition coefficient (Wildman–Crippen LogP) is 1.16. The van der Waals surface area contributed by atoms with Gasteiger partial charge in [-0.2, -0.15) is 0 Å². The highest BCUT2D eigenvalue weighted by molar-refractivity contribution is 6.42. The first-order valence-electron chi connectivity index (χ1n) is 3.95. The van der Waals surface area contributed by atoms with Gasteiger partial charge in [0.05, 0.1) is 15.7 Å². The minimum atomic E-state index is -0.557. The fraction of sp³-hybridized carbons (Fsp3) is 0. The Morgan fingerprint density at radius 3 is 2.13 bits per heavy atom. The van der Waals surface area contributed by atoms with E-state index in [9.17, 15) is 9.59 Å². The standard InChI is InChI=1S/C8H5Cl2N3O2/c9-5-2-1-4(3-6(5)10)13-7(14)11-12-8(13)15/h1-3H,(H,11,14)(H,12,15). The molecule has 1 aromatic carbocycles. The summed E-state index contributed by atoms with van der Waals surface area (Å²) in [5, 5.41) is 4.97. The molecule has 2 aromatic rings. The van der Waals surface area contributed by atoms with E-state index in [4.69, 9.17) is 23.2 Å². The quantitative estimate of drug-likeness (QED) is 0.792. The lowest BCUT2D eigenvalue weighted by atomic mass is 10.3. The van der Waals surface area contributed by atoms with Crippen molar-refractivity contribution in [1.82, 2.24) is 14.8 Å². The van der Waals surface area contributed by atoms with Gasteiger partial charge in [-0.05, 0) is 18.2 Å². The molecule has 7 heteroatoms. The first-order chi connectivity index (χ1) is 7.09. The number of rotatable bonds is 1. The van der Waals surface area contributed by atoms with Gasteiger partial charge in [0.1, 0.15) is 0 Å². The molecule has 15 heavy (non-hydrogen) atoms. The maximum atomic E-state index is 11.2. The van der Waals surface area contributed by atoms with E-state index in [0.29, 0.717) is 10.7 Å². The molecule has 0 fully saturated rings. The lowest BCUT2D eigenvalue weighted by molar-refractivity contribution is 0.952. The van der Waals surface area contributed by atoms with Crippen LogP contribution in [0.4, 0.5) is 0 Å². The van der Waals surface area contributed by atoms with Crippen LogP contribution >= 0.6 is 23.2 Å². The van der Waals surface area contributed by atoms with Gasteiger partial charge in [-0.3, -0.25) is 0 Å². The minimum Gasteiger partial charge on any atom is -0.247 e. The molecule has 0 aliphatic carbocycles. The van der Waals surface area contributed by atoms with E-state index in [1.165, 1.54) is 18.2 Å². The normalized spacial score (nSPS) is 10.5. The van der Waals surface area contributed by atoms with Gasteiger partial charge in [0, 0.05) is 0 Å². The Balaban J connectivity index is 2.70. The van der Waals surface area contributed by atoms with Gasteiger partial charge in [-0.15, -0.1) is 0 Å². The zero-order valence-corrected chi connectivity index (χ0v) is 8.76. The first kappa shape index (κ1) is 10.1. The second-order valence-corrected chi connectivity index (χ2v) is 3.61. The Bertz CT molecular complexity index is 583. The molecule has 0 unspecified atom stereocenters. The molecule has 0 aliphatic heterocycles. The Morgan fingerprint density at radius 2 is 1.60 bits per heavy atom. The Kier molecular flexibility index (Phi) is 2.42. The second-order valence-electron chi connectivity index (χ2n) is 2.79. The number of benzene rings is 1. The molecular formula is C8H5Cl2N3O2. The molecule has 2 rings (SSSR count). The highest BCUT2D eigenvalue weighted by atomic mass is 35.5. The first-order valence-corrected chi connectivity index (χ1v) is 4.70. The molecule has 5 nitrogen and oxygen atoms in total. The molecular weight excluding hydrogens is 241 g/mol. The van der Waals surface area contributed by atoms with Gasteiger partial charge in [-0.1, -0.05) is 23.2 Å². The summed E-state index contributed by atoms with van der Waals surface area (Å²) in [6, 6.07) is 4.48. The van der Waals surface area contributed by atoms with Crippen molar-refractivity contribution >= 4 is 23.2 Å². The lowest BCUT2D eigenvalue weighted by Crippen LogP contribution is -2.24. The third kappa shape index (κ3) is 1.71. The fourth-order valence-corrected chi connectivity index (χ4v) is 1.46. The van der Waals surface area contributed by atoms with Crippen molar-refractivity contribution in [3.63, 3.8) is 0 Å². The molecule has 0 spiro atoms. The molecule has 0 amide bonds. The summed E-state index contributed by atoms with van der Waals surface area (Å²) in [6.45, 7) is 0. The highest BCUT2D eigenvalue weighted by Gasteiger charge is 2.07. The largest absolute Gasteiger partial charge is 0.348 e.